The third kappa shape index (κ3) is 2.45. The molecule has 98 valence electrons. The molecule has 0 spiro atoms. The molecular formula is C13H11ClN2O2S. The first-order chi connectivity index (χ1) is 9.13. The van der Waals surface area contributed by atoms with Gasteiger partial charge in [0.15, 0.2) is 0 Å². The van der Waals surface area contributed by atoms with Crippen LogP contribution in [-0.2, 0) is 6.42 Å². The fraction of sp³-hybridized carbons (Fsp3) is 0.154. The Bertz CT molecular complexity index is 761. The third-order valence-electron chi connectivity index (χ3n) is 2.97. The van der Waals surface area contributed by atoms with Crippen molar-refractivity contribution in [3.05, 3.63) is 55.6 Å². The zero-order chi connectivity index (χ0) is 13.4. The number of aliphatic hydroxyl groups is 1. The summed E-state index contributed by atoms with van der Waals surface area (Å²) in [6, 6.07) is 7.29. The monoisotopic (exact) mass is 294 g/mol. The molecule has 3 rings (SSSR count). The van der Waals surface area contributed by atoms with Crippen molar-refractivity contribution < 1.29 is 5.11 Å². The van der Waals surface area contributed by atoms with Crippen LogP contribution in [-0.4, -0.2) is 15.1 Å². The van der Waals surface area contributed by atoms with Gasteiger partial charge in [0.1, 0.15) is 0 Å². The smallest absolute Gasteiger partial charge is 0.323 e. The van der Waals surface area contributed by atoms with Gasteiger partial charge in [-0.3, -0.25) is 0 Å². The van der Waals surface area contributed by atoms with E-state index in [9.17, 15) is 9.90 Å². The van der Waals surface area contributed by atoms with Crippen molar-refractivity contribution in [3.63, 3.8) is 0 Å². The Labute approximate surface area is 117 Å². The Balaban J connectivity index is 1.99. The van der Waals surface area contributed by atoms with Crippen molar-refractivity contribution in [2.24, 2.45) is 0 Å². The normalized spacial score (nSPS) is 12.9. The number of fused-ring (bicyclic) bond motifs is 1. The van der Waals surface area contributed by atoms with Crippen molar-refractivity contribution in [1.29, 1.82) is 0 Å². The molecule has 3 N–H and O–H groups in total. The number of thiophene rings is 1. The Hall–Kier alpha value is -1.56. The highest BCUT2D eigenvalue weighted by Gasteiger charge is 2.15. The molecule has 0 aliphatic carbocycles. The van der Waals surface area contributed by atoms with Crippen LogP contribution in [0.5, 0.6) is 0 Å². The molecular weight excluding hydrogens is 284 g/mol. The van der Waals surface area contributed by atoms with Crippen LogP contribution in [0.25, 0.3) is 11.0 Å². The molecule has 0 fully saturated rings. The van der Waals surface area contributed by atoms with Gasteiger partial charge in [0.05, 0.1) is 17.1 Å². The number of H-pyrrole nitrogens is 2. The molecule has 1 aromatic carbocycles. The van der Waals surface area contributed by atoms with Gasteiger partial charge in [-0.05, 0) is 23.6 Å². The number of halogens is 1. The molecule has 19 heavy (non-hydrogen) atoms. The van der Waals surface area contributed by atoms with Crippen LogP contribution in [0.1, 0.15) is 16.5 Å². The van der Waals surface area contributed by atoms with E-state index in [0.717, 1.165) is 4.88 Å². The molecule has 4 nitrogen and oxygen atoms in total. The van der Waals surface area contributed by atoms with Crippen LogP contribution in [0.15, 0.2) is 34.4 Å². The summed E-state index contributed by atoms with van der Waals surface area (Å²) in [5.74, 6) is 0. The second kappa shape index (κ2) is 4.85. The number of aliphatic hydroxyl groups excluding tert-OH is 1. The van der Waals surface area contributed by atoms with Gasteiger partial charge < -0.3 is 15.1 Å². The van der Waals surface area contributed by atoms with Crippen molar-refractivity contribution >= 4 is 34.0 Å². The zero-order valence-corrected chi connectivity index (χ0v) is 11.4. The maximum absolute atomic E-state index is 11.2. The van der Waals surface area contributed by atoms with Crippen LogP contribution in [0.2, 0.25) is 5.02 Å². The van der Waals surface area contributed by atoms with Crippen molar-refractivity contribution in [2.45, 2.75) is 12.5 Å². The number of hydrogen-bond acceptors (Lipinski definition) is 3. The lowest BCUT2D eigenvalue weighted by Crippen LogP contribution is -2.01. The van der Waals surface area contributed by atoms with E-state index in [0.29, 0.717) is 28.0 Å². The highest BCUT2D eigenvalue weighted by Crippen LogP contribution is 2.29. The number of aromatic nitrogens is 2. The molecule has 0 saturated carbocycles. The van der Waals surface area contributed by atoms with E-state index in [1.807, 2.05) is 17.5 Å². The van der Waals surface area contributed by atoms with E-state index >= 15 is 0 Å². The maximum Gasteiger partial charge on any atom is 0.323 e. The van der Waals surface area contributed by atoms with Crippen LogP contribution < -0.4 is 5.69 Å². The van der Waals surface area contributed by atoms with Crippen molar-refractivity contribution in [3.8, 4) is 0 Å². The van der Waals surface area contributed by atoms with Gasteiger partial charge in [0.2, 0.25) is 0 Å². The average Bonchev–Trinajstić information content (AvgIpc) is 2.96. The topological polar surface area (TPSA) is 68.9 Å². The number of hydrogen-bond donors (Lipinski definition) is 3. The summed E-state index contributed by atoms with van der Waals surface area (Å²) < 4.78 is 0. The summed E-state index contributed by atoms with van der Waals surface area (Å²) >= 11 is 7.75. The van der Waals surface area contributed by atoms with E-state index in [1.54, 1.807) is 23.5 Å². The van der Waals surface area contributed by atoms with Crippen LogP contribution in [0.3, 0.4) is 0 Å². The molecule has 0 bridgehead atoms. The summed E-state index contributed by atoms with van der Waals surface area (Å²) in [6.45, 7) is 0. The minimum Gasteiger partial charge on any atom is -0.388 e. The van der Waals surface area contributed by atoms with E-state index in [1.165, 1.54) is 0 Å². The van der Waals surface area contributed by atoms with Crippen molar-refractivity contribution in [1.82, 2.24) is 9.97 Å². The first-order valence-electron chi connectivity index (χ1n) is 5.75. The van der Waals surface area contributed by atoms with E-state index in [4.69, 9.17) is 11.6 Å². The second-order valence-electron chi connectivity index (χ2n) is 4.30. The molecule has 3 aromatic rings. The molecule has 1 atom stereocenters. The Morgan fingerprint density at radius 2 is 2.05 bits per heavy atom. The van der Waals surface area contributed by atoms with Gasteiger partial charge in [-0.2, -0.15) is 0 Å². The Kier molecular flexibility index (Phi) is 3.18. The minimum absolute atomic E-state index is 0.282. The molecule has 6 heteroatoms. The molecule has 0 saturated heterocycles. The Morgan fingerprint density at radius 3 is 2.74 bits per heavy atom. The fourth-order valence-electron chi connectivity index (χ4n) is 2.06. The lowest BCUT2D eigenvalue weighted by molar-refractivity contribution is 0.179. The molecule has 0 radical (unpaired) electrons. The molecule has 2 heterocycles. The van der Waals surface area contributed by atoms with Crippen LogP contribution in [0, 0.1) is 0 Å². The van der Waals surface area contributed by atoms with Gasteiger partial charge in [0, 0.05) is 21.9 Å². The van der Waals surface area contributed by atoms with Gasteiger partial charge in [-0.25, -0.2) is 4.79 Å². The third-order valence-corrected chi connectivity index (χ3v) is 4.19. The zero-order valence-electron chi connectivity index (χ0n) is 9.81. The highest BCUT2D eigenvalue weighted by atomic mass is 35.5. The first kappa shape index (κ1) is 12.5. The predicted octanol–water partition coefficient (Wildman–Crippen LogP) is 2.85. The molecule has 0 amide bonds. The summed E-state index contributed by atoms with van der Waals surface area (Å²) in [7, 11) is 0. The highest BCUT2D eigenvalue weighted by molar-refractivity contribution is 7.09. The van der Waals surface area contributed by atoms with E-state index < -0.39 is 6.10 Å². The largest absolute Gasteiger partial charge is 0.388 e. The average molecular weight is 295 g/mol. The second-order valence-corrected chi connectivity index (χ2v) is 5.74. The standard InChI is InChI=1S/C13H11ClN2O2S/c14-9-6-11-10(15-13(18)16-11)5-8(9)12(17)4-7-2-1-3-19-7/h1-3,5-6,12,17H,4H2,(H2,15,16,18). The van der Waals surface area contributed by atoms with Crippen LogP contribution >= 0.6 is 22.9 Å². The number of rotatable bonds is 3. The summed E-state index contributed by atoms with van der Waals surface area (Å²) in [4.78, 5) is 17.6. The van der Waals surface area contributed by atoms with Gasteiger partial charge in [-0.1, -0.05) is 17.7 Å². The van der Waals surface area contributed by atoms with Crippen molar-refractivity contribution in [2.75, 3.05) is 0 Å². The summed E-state index contributed by atoms with van der Waals surface area (Å²) in [5, 5.41) is 12.7. The lowest BCUT2D eigenvalue weighted by Gasteiger charge is -2.11. The summed E-state index contributed by atoms with van der Waals surface area (Å²) in [6.07, 6.45) is -0.175. The van der Waals surface area contributed by atoms with E-state index in [2.05, 4.69) is 9.97 Å². The quantitative estimate of drug-likeness (QED) is 0.695. The molecule has 0 aliphatic rings. The Morgan fingerprint density at radius 1 is 1.32 bits per heavy atom. The molecule has 0 aliphatic heterocycles. The van der Waals surface area contributed by atoms with Gasteiger partial charge >= 0.3 is 5.69 Å². The fourth-order valence-corrected chi connectivity index (χ4v) is 3.09. The number of imidazole rings is 1. The molecule has 1 unspecified atom stereocenters. The van der Waals surface area contributed by atoms with E-state index in [-0.39, 0.29) is 5.69 Å². The summed E-state index contributed by atoms with van der Waals surface area (Å²) in [5.41, 5.74) is 1.63. The predicted molar refractivity (Wildman–Crippen MR) is 76.9 cm³/mol. The maximum atomic E-state index is 11.2. The van der Waals surface area contributed by atoms with Crippen LogP contribution in [0.4, 0.5) is 0 Å². The minimum atomic E-state index is -0.686. The van der Waals surface area contributed by atoms with Gasteiger partial charge in [0.25, 0.3) is 0 Å². The lowest BCUT2D eigenvalue weighted by atomic mass is 10.1. The number of aromatic amines is 2. The van der Waals surface area contributed by atoms with Gasteiger partial charge in [-0.15, -0.1) is 11.3 Å². The number of benzene rings is 1. The SMILES string of the molecule is O=c1[nH]c2cc(Cl)c(C(O)Cc3cccs3)cc2[nH]1. The first-order valence-corrected chi connectivity index (χ1v) is 7.01. The molecule has 2 aromatic heterocycles. The number of nitrogens with one attached hydrogen (secondary N) is 2.